The van der Waals surface area contributed by atoms with Gasteiger partial charge in [-0.15, -0.1) is 22.7 Å². The maximum Gasteiger partial charge on any atom is 0.270 e. The first kappa shape index (κ1) is 32.2. The Labute approximate surface area is 292 Å². The van der Waals surface area contributed by atoms with E-state index in [4.69, 9.17) is 13.1 Å². The number of fused-ring (bicyclic) bond motifs is 5. The van der Waals surface area contributed by atoms with Gasteiger partial charge in [-0.25, -0.2) is 37.0 Å². The van der Waals surface area contributed by atoms with Crippen molar-refractivity contribution in [2.24, 2.45) is 0 Å². The van der Waals surface area contributed by atoms with Crippen LogP contribution in [0, 0.1) is 35.8 Å². The number of hydrogen-bond donors (Lipinski definition) is 0. The Balaban J connectivity index is 1.42. The topological polar surface area (TPSA) is 125 Å². The fraction of sp³-hybridized carbons (Fsp3) is 0.135. The van der Waals surface area contributed by atoms with Gasteiger partial charge in [-0.05, 0) is 71.5 Å². The second-order valence-electron chi connectivity index (χ2n) is 11.5. The van der Waals surface area contributed by atoms with Crippen LogP contribution in [0.2, 0.25) is 0 Å². The predicted molar refractivity (Wildman–Crippen MR) is 190 cm³/mol. The molecule has 49 heavy (non-hydrogen) atoms. The standard InChI is InChI=1S/C37H22N4O4S4/c1-5-37(6-2)25-15-21(17-31-33(27(19-38)40-3)23-11-7-9-13-29(23)48(31,42)43)46-35(25)36-26(37)16-22(47-36)18-32-34(28(20-39)41-4)24-12-8-10-14-30(24)49(32,44)45/h7-18H,5-6H2,1-2H3/b31-17-,32-18?,33-27?,34-28+. The van der Waals surface area contributed by atoms with Gasteiger partial charge in [0.2, 0.25) is 19.7 Å². The van der Waals surface area contributed by atoms with Crippen LogP contribution in [0.5, 0.6) is 0 Å². The molecule has 7 rings (SSSR count). The van der Waals surface area contributed by atoms with Crippen molar-refractivity contribution in [3.8, 4) is 21.9 Å². The van der Waals surface area contributed by atoms with Gasteiger partial charge in [0.25, 0.3) is 11.4 Å². The second-order valence-corrected chi connectivity index (χ2v) is 17.4. The first-order valence-electron chi connectivity index (χ1n) is 15.0. The number of nitriles is 2. The Morgan fingerprint density at radius 3 is 1.47 bits per heavy atom. The number of allylic oxidation sites excluding steroid dienone is 4. The average Bonchev–Trinajstić information content (AvgIpc) is 3.86. The summed E-state index contributed by atoms with van der Waals surface area (Å²) in [7, 11) is -8.01. The molecule has 8 nitrogen and oxygen atoms in total. The number of thiophene rings is 2. The van der Waals surface area contributed by atoms with Gasteiger partial charge < -0.3 is 0 Å². The summed E-state index contributed by atoms with van der Waals surface area (Å²) in [6, 6.07) is 20.5. The van der Waals surface area contributed by atoms with E-state index in [0.29, 0.717) is 20.9 Å². The lowest BCUT2D eigenvalue weighted by molar-refractivity contribution is 0.492. The van der Waals surface area contributed by atoms with Crippen molar-refractivity contribution >= 4 is 65.6 Å². The molecule has 0 saturated heterocycles. The van der Waals surface area contributed by atoms with Gasteiger partial charge in [-0.2, -0.15) is 0 Å². The third kappa shape index (κ3) is 4.40. The molecule has 2 aliphatic heterocycles. The third-order valence-corrected chi connectivity index (χ3v) is 15.4. The average molecular weight is 715 g/mol. The zero-order chi connectivity index (χ0) is 34.9. The molecular weight excluding hydrogens is 693 g/mol. The van der Waals surface area contributed by atoms with Gasteiger partial charge in [0, 0.05) is 36.1 Å². The van der Waals surface area contributed by atoms with Gasteiger partial charge in [0.1, 0.15) is 0 Å². The van der Waals surface area contributed by atoms with E-state index in [1.54, 1.807) is 48.6 Å². The summed E-state index contributed by atoms with van der Waals surface area (Å²) < 4.78 is 55.1. The summed E-state index contributed by atoms with van der Waals surface area (Å²) in [5.74, 6) is 0. The van der Waals surface area contributed by atoms with Crippen LogP contribution in [0.25, 0.3) is 42.7 Å². The molecule has 0 bridgehead atoms. The molecule has 0 unspecified atom stereocenters. The molecule has 0 fully saturated rings. The van der Waals surface area contributed by atoms with Crippen LogP contribution in [0.3, 0.4) is 0 Å². The highest BCUT2D eigenvalue weighted by Gasteiger charge is 2.45. The van der Waals surface area contributed by atoms with Crippen molar-refractivity contribution in [1.29, 1.82) is 10.5 Å². The summed E-state index contributed by atoms with van der Waals surface area (Å²) in [6.45, 7) is 19.3. The van der Waals surface area contributed by atoms with E-state index in [1.807, 2.05) is 24.3 Å². The molecule has 4 aromatic rings. The molecule has 2 aromatic heterocycles. The quantitative estimate of drug-likeness (QED) is 0.154. The van der Waals surface area contributed by atoms with Crippen molar-refractivity contribution in [2.75, 3.05) is 0 Å². The summed E-state index contributed by atoms with van der Waals surface area (Å²) >= 11 is 2.81. The van der Waals surface area contributed by atoms with Crippen LogP contribution >= 0.6 is 22.7 Å². The van der Waals surface area contributed by atoms with Gasteiger partial charge >= 0.3 is 0 Å². The van der Waals surface area contributed by atoms with Crippen LogP contribution in [-0.4, -0.2) is 16.8 Å². The predicted octanol–water partition coefficient (Wildman–Crippen LogP) is 8.86. The van der Waals surface area contributed by atoms with Crippen LogP contribution in [0.1, 0.15) is 58.7 Å². The summed E-state index contributed by atoms with van der Waals surface area (Å²) in [5, 5.41) is 19.5. The van der Waals surface area contributed by atoms with E-state index >= 15 is 0 Å². The zero-order valence-corrected chi connectivity index (χ0v) is 29.2. The normalized spacial score (nSPS) is 20.7. The minimum atomic E-state index is -4.01. The fourth-order valence-electron chi connectivity index (χ4n) is 7.07. The lowest BCUT2D eigenvalue weighted by Crippen LogP contribution is -2.22. The van der Waals surface area contributed by atoms with E-state index in [0.717, 1.165) is 33.7 Å². The Hall–Kier alpha value is -5.34. The van der Waals surface area contributed by atoms with Crippen LogP contribution in [-0.2, 0) is 25.1 Å². The smallest absolute Gasteiger partial charge is 0.226 e. The molecule has 12 heteroatoms. The van der Waals surface area contributed by atoms with E-state index < -0.39 is 25.1 Å². The van der Waals surface area contributed by atoms with Gasteiger partial charge in [0.15, 0.2) is 0 Å². The van der Waals surface area contributed by atoms with Crippen LogP contribution in [0.15, 0.2) is 91.7 Å². The largest absolute Gasteiger partial charge is 0.270 e. The molecular formula is C37H22N4O4S4. The maximum atomic E-state index is 13.8. The molecule has 238 valence electrons. The highest BCUT2D eigenvalue weighted by molar-refractivity contribution is 7.97. The van der Waals surface area contributed by atoms with Crippen molar-refractivity contribution in [3.63, 3.8) is 0 Å². The Bertz CT molecular complexity index is 2490. The first-order chi connectivity index (χ1) is 23.5. The highest BCUT2D eigenvalue weighted by Crippen LogP contribution is 2.59. The van der Waals surface area contributed by atoms with E-state index in [2.05, 4.69) is 23.5 Å². The molecule has 2 aromatic carbocycles. The number of rotatable bonds is 4. The van der Waals surface area contributed by atoms with Gasteiger partial charge in [-0.3, -0.25) is 0 Å². The molecule has 1 aliphatic carbocycles. The Morgan fingerprint density at radius 2 is 1.12 bits per heavy atom. The van der Waals surface area contributed by atoms with E-state index in [-0.39, 0.29) is 42.1 Å². The molecule has 0 saturated carbocycles. The number of nitrogens with zero attached hydrogens (tertiary/aromatic N) is 4. The van der Waals surface area contributed by atoms with Gasteiger partial charge in [-0.1, -0.05) is 50.2 Å². The minimum Gasteiger partial charge on any atom is -0.226 e. The highest BCUT2D eigenvalue weighted by atomic mass is 32.2. The van der Waals surface area contributed by atoms with Crippen molar-refractivity contribution in [3.05, 3.63) is 137 Å². The molecule has 0 radical (unpaired) electrons. The molecule has 0 spiro atoms. The van der Waals surface area contributed by atoms with E-state index in [1.165, 1.54) is 34.8 Å². The molecule has 4 heterocycles. The van der Waals surface area contributed by atoms with Gasteiger partial charge in [0.05, 0.1) is 44.9 Å². The summed E-state index contributed by atoms with van der Waals surface area (Å²) in [5.41, 5.74) is 1.92. The lowest BCUT2D eigenvalue weighted by Gasteiger charge is -2.28. The van der Waals surface area contributed by atoms with Crippen molar-refractivity contribution in [1.82, 2.24) is 0 Å². The fourth-order valence-corrected chi connectivity index (χ4v) is 13.2. The summed E-state index contributed by atoms with van der Waals surface area (Å²) in [6.07, 6.45) is 4.55. The summed E-state index contributed by atoms with van der Waals surface area (Å²) in [4.78, 5) is 9.82. The Morgan fingerprint density at radius 1 is 0.735 bits per heavy atom. The first-order valence-corrected chi connectivity index (χ1v) is 19.6. The lowest BCUT2D eigenvalue weighted by atomic mass is 9.75. The zero-order valence-electron chi connectivity index (χ0n) is 25.9. The number of sulfone groups is 2. The number of benzene rings is 2. The SMILES string of the molecule is [C-]#[N+]C(C#N)=C1/C(=C/c2cc3c(s2)-c2sc(C=C4/C(=C(\C#N)[N+]#[C-])c5ccccc5S4(=O)=O)cc2C3(CC)CC)S(=O)(=O)c2ccccc21. The van der Waals surface area contributed by atoms with Crippen LogP contribution < -0.4 is 0 Å². The van der Waals surface area contributed by atoms with Crippen molar-refractivity contribution < 1.29 is 16.8 Å². The molecule has 0 N–H and O–H groups in total. The minimum absolute atomic E-state index is 0.0571. The maximum absolute atomic E-state index is 13.8. The van der Waals surface area contributed by atoms with E-state index in [9.17, 15) is 27.4 Å². The monoisotopic (exact) mass is 714 g/mol. The molecule has 0 atom stereocenters. The number of hydrogen-bond acceptors (Lipinski definition) is 8. The molecule has 3 aliphatic rings. The second kappa shape index (κ2) is 11.4. The Kier molecular flexibility index (Phi) is 7.48. The van der Waals surface area contributed by atoms with Crippen LogP contribution in [0.4, 0.5) is 0 Å². The van der Waals surface area contributed by atoms with Crippen molar-refractivity contribution in [2.45, 2.75) is 41.9 Å². The third-order valence-electron chi connectivity index (χ3n) is 9.37. The molecule has 0 amide bonds.